The predicted molar refractivity (Wildman–Crippen MR) is 97.0 cm³/mol. The molecule has 0 bridgehead atoms. The second-order valence-electron chi connectivity index (χ2n) is 6.57. The van der Waals surface area contributed by atoms with Crippen molar-refractivity contribution in [3.63, 3.8) is 0 Å². The predicted octanol–water partition coefficient (Wildman–Crippen LogP) is 3.32. The van der Waals surface area contributed by atoms with Crippen LogP contribution in [0.25, 0.3) is 0 Å². The summed E-state index contributed by atoms with van der Waals surface area (Å²) >= 11 is 2.07. The number of hydrogen-bond acceptors (Lipinski definition) is 4. The number of imidazole rings is 1. The number of nitrogens with zero attached hydrogens (tertiary/aromatic N) is 2. The standard InChI is InChI=1S/C18H24N4S/c1-2-14(13-22-6-8-23-9-7-22)10-16(3-1)21-17-11-15(12-17)18-19-4-5-20-18/h1-5,10,15,17,21H,6-9,11-13H2,(H,19,20). The van der Waals surface area contributed by atoms with Crippen LogP contribution in [0.3, 0.4) is 0 Å². The van der Waals surface area contributed by atoms with Crippen LogP contribution in [0.1, 0.15) is 30.1 Å². The average molecular weight is 328 g/mol. The van der Waals surface area contributed by atoms with Gasteiger partial charge in [-0.1, -0.05) is 12.1 Å². The third kappa shape index (κ3) is 3.72. The van der Waals surface area contributed by atoms with E-state index in [0.29, 0.717) is 12.0 Å². The Morgan fingerprint density at radius 2 is 2.13 bits per heavy atom. The first-order chi connectivity index (χ1) is 11.4. The Morgan fingerprint density at radius 3 is 2.91 bits per heavy atom. The van der Waals surface area contributed by atoms with Crippen LogP contribution in [0, 0.1) is 0 Å². The molecule has 4 nitrogen and oxygen atoms in total. The Morgan fingerprint density at radius 1 is 1.26 bits per heavy atom. The fourth-order valence-electron chi connectivity index (χ4n) is 3.47. The minimum Gasteiger partial charge on any atom is -0.382 e. The summed E-state index contributed by atoms with van der Waals surface area (Å²) in [5, 5.41) is 3.68. The summed E-state index contributed by atoms with van der Waals surface area (Å²) in [6, 6.07) is 9.52. The van der Waals surface area contributed by atoms with Crippen LogP contribution < -0.4 is 5.32 Å². The highest BCUT2D eigenvalue weighted by atomic mass is 32.2. The molecule has 2 aromatic rings. The molecule has 2 heterocycles. The number of benzene rings is 1. The Labute approximate surface area is 142 Å². The summed E-state index contributed by atoms with van der Waals surface area (Å²) in [4.78, 5) is 10.2. The molecule has 1 aromatic heterocycles. The van der Waals surface area contributed by atoms with Crippen LogP contribution in [0.4, 0.5) is 5.69 Å². The maximum Gasteiger partial charge on any atom is 0.109 e. The van der Waals surface area contributed by atoms with E-state index in [4.69, 9.17) is 0 Å². The van der Waals surface area contributed by atoms with E-state index in [1.165, 1.54) is 48.7 Å². The molecule has 2 N–H and O–H groups in total. The van der Waals surface area contributed by atoms with Gasteiger partial charge in [0.1, 0.15) is 5.82 Å². The second-order valence-corrected chi connectivity index (χ2v) is 7.80. The summed E-state index contributed by atoms with van der Waals surface area (Å²) in [6.45, 7) is 3.52. The van der Waals surface area contributed by atoms with E-state index in [2.05, 4.69) is 56.2 Å². The fourth-order valence-corrected chi connectivity index (χ4v) is 4.45. The van der Waals surface area contributed by atoms with Crippen LogP contribution in [-0.2, 0) is 6.54 Å². The molecule has 0 spiro atoms. The number of aromatic nitrogens is 2. The molecule has 1 aliphatic carbocycles. The topological polar surface area (TPSA) is 44.0 Å². The summed E-state index contributed by atoms with van der Waals surface area (Å²) in [5.74, 6) is 4.28. The molecule has 5 heteroatoms. The van der Waals surface area contributed by atoms with Gasteiger partial charge in [0.2, 0.25) is 0 Å². The molecule has 1 saturated carbocycles. The number of anilines is 1. The summed E-state index contributed by atoms with van der Waals surface area (Å²) in [5.41, 5.74) is 2.68. The lowest BCUT2D eigenvalue weighted by molar-refractivity contribution is 0.294. The molecule has 0 radical (unpaired) electrons. The first-order valence-corrected chi connectivity index (χ1v) is 9.67. The maximum absolute atomic E-state index is 4.37. The Kier molecular flexibility index (Phi) is 4.57. The molecule has 1 aromatic carbocycles. The first kappa shape index (κ1) is 15.1. The van der Waals surface area contributed by atoms with Crippen LogP contribution in [-0.4, -0.2) is 45.5 Å². The van der Waals surface area contributed by atoms with Gasteiger partial charge in [0.25, 0.3) is 0 Å². The Hall–Kier alpha value is -1.46. The minimum absolute atomic E-state index is 0.576. The van der Waals surface area contributed by atoms with Gasteiger partial charge in [-0.2, -0.15) is 11.8 Å². The molecule has 4 rings (SSSR count). The highest BCUT2D eigenvalue weighted by molar-refractivity contribution is 7.99. The quantitative estimate of drug-likeness (QED) is 0.884. The number of hydrogen-bond donors (Lipinski definition) is 2. The number of nitrogens with one attached hydrogen (secondary N) is 2. The van der Waals surface area contributed by atoms with Gasteiger partial charge < -0.3 is 10.3 Å². The van der Waals surface area contributed by atoms with Crippen molar-refractivity contribution in [1.29, 1.82) is 0 Å². The molecule has 0 atom stereocenters. The van der Waals surface area contributed by atoms with Gasteiger partial charge in [-0.25, -0.2) is 4.98 Å². The number of aromatic amines is 1. The Balaban J connectivity index is 1.30. The van der Waals surface area contributed by atoms with E-state index in [9.17, 15) is 0 Å². The molecule has 0 amide bonds. The van der Waals surface area contributed by atoms with E-state index in [0.717, 1.165) is 12.4 Å². The van der Waals surface area contributed by atoms with Crippen molar-refractivity contribution < 1.29 is 0 Å². The van der Waals surface area contributed by atoms with E-state index in [1.54, 1.807) is 0 Å². The van der Waals surface area contributed by atoms with Gasteiger partial charge in [0, 0.05) is 61.2 Å². The van der Waals surface area contributed by atoms with E-state index in [1.807, 2.05) is 12.4 Å². The fraction of sp³-hybridized carbons (Fsp3) is 0.500. The zero-order valence-electron chi connectivity index (χ0n) is 13.4. The zero-order chi connectivity index (χ0) is 15.5. The lowest BCUT2D eigenvalue weighted by atomic mass is 9.79. The lowest BCUT2D eigenvalue weighted by Gasteiger charge is -2.35. The monoisotopic (exact) mass is 328 g/mol. The van der Waals surface area contributed by atoms with Crippen molar-refractivity contribution in [3.8, 4) is 0 Å². The smallest absolute Gasteiger partial charge is 0.109 e. The number of rotatable bonds is 5. The van der Waals surface area contributed by atoms with Crippen molar-refractivity contribution in [3.05, 3.63) is 48.0 Å². The molecule has 2 fully saturated rings. The summed E-state index contributed by atoms with van der Waals surface area (Å²) in [7, 11) is 0. The van der Waals surface area contributed by atoms with Gasteiger partial charge >= 0.3 is 0 Å². The molecule has 2 aliphatic rings. The van der Waals surface area contributed by atoms with E-state index < -0.39 is 0 Å². The van der Waals surface area contributed by atoms with Crippen molar-refractivity contribution in [1.82, 2.24) is 14.9 Å². The molecule has 23 heavy (non-hydrogen) atoms. The number of H-pyrrole nitrogens is 1. The van der Waals surface area contributed by atoms with Gasteiger partial charge in [-0.05, 0) is 30.5 Å². The van der Waals surface area contributed by atoms with Gasteiger partial charge in [0.05, 0.1) is 0 Å². The summed E-state index contributed by atoms with van der Waals surface area (Å²) in [6.07, 6.45) is 6.10. The van der Waals surface area contributed by atoms with Crippen molar-refractivity contribution in [2.45, 2.75) is 31.3 Å². The highest BCUT2D eigenvalue weighted by Crippen LogP contribution is 2.36. The molecule has 122 valence electrons. The first-order valence-electron chi connectivity index (χ1n) is 8.52. The maximum atomic E-state index is 4.37. The third-order valence-corrected chi connectivity index (χ3v) is 5.79. The third-order valence-electron chi connectivity index (χ3n) is 4.85. The zero-order valence-corrected chi connectivity index (χ0v) is 14.2. The second kappa shape index (κ2) is 6.97. The summed E-state index contributed by atoms with van der Waals surface area (Å²) < 4.78 is 0. The minimum atomic E-state index is 0.576. The normalized spacial score (nSPS) is 25.0. The highest BCUT2D eigenvalue weighted by Gasteiger charge is 2.31. The lowest BCUT2D eigenvalue weighted by Crippen LogP contribution is -2.34. The van der Waals surface area contributed by atoms with E-state index >= 15 is 0 Å². The van der Waals surface area contributed by atoms with Gasteiger partial charge in [-0.3, -0.25) is 4.90 Å². The molecular formula is C18H24N4S. The average Bonchev–Trinajstić information content (AvgIpc) is 3.06. The van der Waals surface area contributed by atoms with Crippen LogP contribution in [0.15, 0.2) is 36.7 Å². The van der Waals surface area contributed by atoms with Crippen LogP contribution in [0.2, 0.25) is 0 Å². The molecule has 1 saturated heterocycles. The van der Waals surface area contributed by atoms with Crippen LogP contribution in [0.5, 0.6) is 0 Å². The SMILES string of the molecule is c1cc(CN2CCSCC2)cc(NC2CC(c3ncc[nH]3)C2)c1. The number of thioether (sulfide) groups is 1. The van der Waals surface area contributed by atoms with Crippen LogP contribution >= 0.6 is 11.8 Å². The van der Waals surface area contributed by atoms with Gasteiger partial charge in [0.15, 0.2) is 0 Å². The largest absolute Gasteiger partial charge is 0.382 e. The van der Waals surface area contributed by atoms with Crippen molar-refractivity contribution >= 4 is 17.4 Å². The van der Waals surface area contributed by atoms with Crippen molar-refractivity contribution in [2.75, 3.05) is 29.9 Å². The Bertz CT molecular complexity index is 616. The molecule has 0 unspecified atom stereocenters. The molecular weight excluding hydrogens is 304 g/mol. The van der Waals surface area contributed by atoms with E-state index in [-0.39, 0.29) is 0 Å². The molecule has 1 aliphatic heterocycles. The van der Waals surface area contributed by atoms with Gasteiger partial charge in [-0.15, -0.1) is 0 Å². The van der Waals surface area contributed by atoms with Crippen molar-refractivity contribution in [2.24, 2.45) is 0 Å².